The lowest BCUT2D eigenvalue weighted by Crippen LogP contribution is -2.50. The number of benzene rings is 1. The Hall–Kier alpha value is -2.35. The third kappa shape index (κ3) is 4.81. The van der Waals surface area contributed by atoms with Crippen LogP contribution in [-0.4, -0.2) is 66.9 Å². The molecule has 0 aromatic heterocycles. The first-order valence-corrected chi connectivity index (χ1v) is 12.2. The van der Waals surface area contributed by atoms with Crippen molar-refractivity contribution in [2.75, 3.05) is 36.5 Å². The Labute approximate surface area is 195 Å². The fraction of sp³-hybridized carbons (Fsp3) is 0.680. The molecule has 182 valence electrons. The predicted octanol–water partition coefficient (Wildman–Crippen LogP) is 3.93. The van der Waals surface area contributed by atoms with Crippen molar-refractivity contribution in [2.45, 2.75) is 77.0 Å². The van der Waals surface area contributed by atoms with E-state index in [1.807, 2.05) is 9.80 Å². The number of piperidine rings is 1. The zero-order valence-corrected chi connectivity index (χ0v) is 19.9. The summed E-state index contributed by atoms with van der Waals surface area (Å²) in [5, 5.41) is 9.81. The molecule has 2 aliphatic heterocycles. The summed E-state index contributed by atoms with van der Waals surface area (Å²) in [6.45, 7) is 5.50. The number of aliphatic hydroxyl groups is 1. The monoisotopic (exact) mass is 461 g/mol. The van der Waals surface area contributed by atoms with Crippen molar-refractivity contribution in [2.24, 2.45) is 5.41 Å². The molecular weight excluding hydrogens is 425 g/mol. The Balaban J connectivity index is 1.46. The van der Waals surface area contributed by atoms with E-state index < -0.39 is 17.3 Å². The van der Waals surface area contributed by atoms with Crippen LogP contribution < -0.4 is 9.80 Å². The SMILES string of the molecule is CC(C)OC(=O)N(C)c1ccc(N2CCC[C@]3(CCN([C@H]4CC[C@H](O)CC4)C3=O)C2)c(F)c1. The number of amides is 2. The second-order valence-corrected chi connectivity index (χ2v) is 10.1. The molecule has 3 aliphatic rings. The summed E-state index contributed by atoms with van der Waals surface area (Å²) in [7, 11) is 1.56. The number of carbonyl (C=O) groups excluding carboxylic acids is 2. The van der Waals surface area contributed by atoms with Gasteiger partial charge in [0.25, 0.3) is 0 Å². The van der Waals surface area contributed by atoms with E-state index in [-0.39, 0.29) is 24.2 Å². The number of hydrogen-bond acceptors (Lipinski definition) is 5. The van der Waals surface area contributed by atoms with Crippen molar-refractivity contribution in [1.29, 1.82) is 0 Å². The highest BCUT2D eigenvalue weighted by Crippen LogP contribution is 2.44. The average molecular weight is 462 g/mol. The third-order valence-electron chi connectivity index (χ3n) is 7.50. The van der Waals surface area contributed by atoms with Crippen LogP contribution in [-0.2, 0) is 9.53 Å². The van der Waals surface area contributed by atoms with E-state index in [4.69, 9.17) is 4.74 Å². The second-order valence-electron chi connectivity index (χ2n) is 10.1. The van der Waals surface area contributed by atoms with Crippen LogP contribution >= 0.6 is 0 Å². The first-order valence-electron chi connectivity index (χ1n) is 12.2. The fourth-order valence-corrected chi connectivity index (χ4v) is 5.63. The maximum atomic E-state index is 15.2. The van der Waals surface area contributed by atoms with Gasteiger partial charge in [0.15, 0.2) is 0 Å². The van der Waals surface area contributed by atoms with E-state index >= 15 is 4.39 Å². The van der Waals surface area contributed by atoms with E-state index in [1.165, 1.54) is 11.0 Å². The molecule has 1 N–H and O–H groups in total. The van der Waals surface area contributed by atoms with Crippen LogP contribution in [0.15, 0.2) is 18.2 Å². The number of likely N-dealkylation sites (tertiary alicyclic amines) is 1. The van der Waals surface area contributed by atoms with E-state index in [1.54, 1.807) is 33.0 Å². The van der Waals surface area contributed by atoms with Gasteiger partial charge >= 0.3 is 6.09 Å². The molecule has 33 heavy (non-hydrogen) atoms. The highest BCUT2D eigenvalue weighted by atomic mass is 19.1. The Kier molecular flexibility index (Phi) is 6.84. The van der Waals surface area contributed by atoms with Gasteiger partial charge in [-0.2, -0.15) is 0 Å². The Bertz CT molecular complexity index is 886. The van der Waals surface area contributed by atoms with Gasteiger partial charge in [-0.15, -0.1) is 0 Å². The third-order valence-corrected chi connectivity index (χ3v) is 7.50. The van der Waals surface area contributed by atoms with Crippen molar-refractivity contribution in [3.63, 3.8) is 0 Å². The number of anilines is 2. The van der Waals surface area contributed by atoms with Gasteiger partial charge in [0, 0.05) is 38.4 Å². The van der Waals surface area contributed by atoms with Gasteiger partial charge < -0.3 is 19.6 Å². The van der Waals surface area contributed by atoms with Gasteiger partial charge in [-0.3, -0.25) is 9.69 Å². The van der Waals surface area contributed by atoms with E-state index in [2.05, 4.69) is 0 Å². The summed E-state index contributed by atoms with van der Waals surface area (Å²) in [5.74, 6) is -0.209. The highest BCUT2D eigenvalue weighted by molar-refractivity contribution is 5.88. The summed E-state index contributed by atoms with van der Waals surface area (Å²) >= 11 is 0. The molecule has 1 saturated carbocycles. The van der Waals surface area contributed by atoms with Gasteiger partial charge in [-0.25, -0.2) is 9.18 Å². The largest absolute Gasteiger partial charge is 0.446 e. The number of hydrogen-bond donors (Lipinski definition) is 1. The molecule has 1 aromatic rings. The summed E-state index contributed by atoms with van der Waals surface area (Å²) in [6.07, 6.45) is 4.67. The number of halogens is 1. The summed E-state index contributed by atoms with van der Waals surface area (Å²) < 4.78 is 20.4. The molecule has 8 heteroatoms. The lowest BCUT2D eigenvalue weighted by molar-refractivity contribution is -0.139. The van der Waals surface area contributed by atoms with Crippen molar-refractivity contribution in [1.82, 2.24) is 4.90 Å². The molecule has 3 fully saturated rings. The smallest absolute Gasteiger partial charge is 0.414 e. The van der Waals surface area contributed by atoms with Crippen LogP contribution in [0.25, 0.3) is 0 Å². The highest BCUT2D eigenvalue weighted by Gasteiger charge is 2.50. The Morgan fingerprint density at radius 3 is 2.61 bits per heavy atom. The average Bonchev–Trinajstić information content (AvgIpc) is 3.08. The Morgan fingerprint density at radius 2 is 1.94 bits per heavy atom. The summed E-state index contributed by atoms with van der Waals surface area (Å²) in [5.41, 5.74) is 0.434. The van der Waals surface area contributed by atoms with Gasteiger partial charge in [-0.1, -0.05) is 0 Å². The van der Waals surface area contributed by atoms with Crippen LogP contribution in [0.3, 0.4) is 0 Å². The molecule has 2 saturated heterocycles. The van der Waals surface area contributed by atoms with Gasteiger partial charge in [0.2, 0.25) is 5.91 Å². The van der Waals surface area contributed by atoms with Crippen molar-refractivity contribution < 1.29 is 23.8 Å². The molecule has 1 spiro atoms. The molecule has 1 aromatic carbocycles. The summed E-state index contributed by atoms with van der Waals surface area (Å²) in [6, 6.07) is 4.99. The number of rotatable bonds is 4. The van der Waals surface area contributed by atoms with Gasteiger partial charge in [0.05, 0.1) is 23.3 Å². The van der Waals surface area contributed by atoms with E-state index in [0.717, 1.165) is 51.5 Å². The molecular formula is C25H36FN3O4. The van der Waals surface area contributed by atoms with E-state index in [0.29, 0.717) is 24.5 Å². The zero-order chi connectivity index (χ0) is 23.8. The minimum absolute atomic E-state index is 0.196. The molecule has 2 heterocycles. The first-order chi connectivity index (χ1) is 15.7. The van der Waals surface area contributed by atoms with Crippen LogP contribution in [0.1, 0.15) is 58.8 Å². The molecule has 0 unspecified atom stereocenters. The quantitative estimate of drug-likeness (QED) is 0.736. The van der Waals surface area contributed by atoms with Crippen LogP contribution in [0, 0.1) is 11.2 Å². The first kappa shape index (κ1) is 23.8. The standard InChI is InChI=1S/C25H36FN3O4/c1-17(2)33-24(32)27(3)19-7-10-22(21(26)15-19)28-13-4-11-25(16-28)12-14-29(23(25)31)18-5-8-20(30)9-6-18/h7,10,15,17-18,20,30H,4-6,8-9,11-14,16H2,1-3H3/t18-,20-,25-/m0/s1. The maximum absolute atomic E-state index is 15.2. The summed E-state index contributed by atoms with van der Waals surface area (Å²) in [4.78, 5) is 31.0. The van der Waals surface area contributed by atoms with Crippen molar-refractivity contribution in [3.05, 3.63) is 24.0 Å². The molecule has 1 atom stereocenters. The molecule has 2 amide bonds. The molecule has 1 aliphatic carbocycles. The number of nitrogens with zero attached hydrogens (tertiary/aromatic N) is 3. The molecule has 0 radical (unpaired) electrons. The minimum atomic E-state index is -0.527. The Morgan fingerprint density at radius 1 is 1.21 bits per heavy atom. The topological polar surface area (TPSA) is 73.3 Å². The molecule has 0 bridgehead atoms. The zero-order valence-electron chi connectivity index (χ0n) is 19.9. The van der Waals surface area contributed by atoms with Gasteiger partial charge in [0.1, 0.15) is 5.82 Å². The maximum Gasteiger partial charge on any atom is 0.414 e. The predicted molar refractivity (Wildman–Crippen MR) is 125 cm³/mol. The molecule has 7 nitrogen and oxygen atoms in total. The van der Waals surface area contributed by atoms with Crippen LogP contribution in [0.4, 0.5) is 20.6 Å². The van der Waals surface area contributed by atoms with Gasteiger partial charge in [-0.05, 0) is 77.0 Å². The number of carbonyl (C=O) groups is 2. The van der Waals surface area contributed by atoms with Crippen LogP contribution in [0.2, 0.25) is 0 Å². The molecule has 4 rings (SSSR count). The van der Waals surface area contributed by atoms with Crippen LogP contribution in [0.5, 0.6) is 0 Å². The van der Waals surface area contributed by atoms with E-state index in [9.17, 15) is 14.7 Å². The second kappa shape index (κ2) is 9.49. The lowest BCUT2D eigenvalue weighted by Gasteiger charge is -2.41. The number of aliphatic hydroxyl groups excluding tert-OH is 1. The number of ether oxygens (including phenoxy) is 1. The normalized spacial score (nSPS) is 28.0. The lowest BCUT2D eigenvalue weighted by atomic mass is 9.78. The minimum Gasteiger partial charge on any atom is -0.446 e. The van der Waals surface area contributed by atoms with Crippen molar-refractivity contribution >= 4 is 23.4 Å². The fourth-order valence-electron chi connectivity index (χ4n) is 5.63. The van der Waals surface area contributed by atoms with Crippen molar-refractivity contribution in [3.8, 4) is 0 Å².